The SMILES string of the molecule is C[N+](CCO)(CCO)Cc1cccc([N+](=O)[O-])c1. The van der Waals surface area contributed by atoms with Gasteiger partial charge in [-0.2, -0.15) is 0 Å². The third kappa shape index (κ3) is 4.06. The smallest absolute Gasteiger partial charge is 0.269 e. The van der Waals surface area contributed by atoms with Crippen molar-refractivity contribution >= 4 is 5.69 Å². The molecule has 0 heterocycles. The highest BCUT2D eigenvalue weighted by Gasteiger charge is 2.21. The van der Waals surface area contributed by atoms with Crippen molar-refractivity contribution in [2.75, 3.05) is 33.4 Å². The largest absolute Gasteiger partial charge is 0.391 e. The van der Waals surface area contributed by atoms with Crippen LogP contribution >= 0.6 is 0 Å². The van der Waals surface area contributed by atoms with Gasteiger partial charge in [0.2, 0.25) is 0 Å². The van der Waals surface area contributed by atoms with Crippen molar-refractivity contribution < 1.29 is 19.6 Å². The number of aliphatic hydroxyl groups excluding tert-OH is 2. The number of benzene rings is 1. The van der Waals surface area contributed by atoms with E-state index in [9.17, 15) is 10.1 Å². The number of nitro benzene ring substituents is 1. The molecule has 2 N–H and O–H groups in total. The van der Waals surface area contributed by atoms with E-state index >= 15 is 0 Å². The lowest BCUT2D eigenvalue weighted by atomic mass is 10.1. The van der Waals surface area contributed by atoms with Crippen molar-refractivity contribution in [3.63, 3.8) is 0 Å². The summed E-state index contributed by atoms with van der Waals surface area (Å²) in [6.45, 7) is 1.59. The first-order chi connectivity index (χ1) is 8.50. The first-order valence-electron chi connectivity index (χ1n) is 5.79. The molecular formula is C12H19N2O4+. The summed E-state index contributed by atoms with van der Waals surface area (Å²) >= 11 is 0. The highest BCUT2D eigenvalue weighted by Crippen LogP contribution is 2.17. The lowest BCUT2D eigenvalue weighted by Crippen LogP contribution is -2.47. The van der Waals surface area contributed by atoms with Crippen LogP contribution in [0.15, 0.2) is 24.3 Å². The molecule has 1 rings (SSSR count). The molecule has 0 aliphatic carbocycles. The number of quaternary nitrogens is 1. The minimum Gasteiger partial charge on any atom is -0.391 e. The van der Waals surface area contributed by atoms with Gasteiger partial charge in [0.1, 0.15) is 19.6 Å². The number of hydrogen-bond acceptors (Lipinski definition) is 4. The van der Waals surface area contributed by atoms with Gasteiger partial charge in [-0.3, -0.25) is 10.1 Å². The second-order valence-electron chi connectivity index (χ2n) is 4.60. The molecule has 1 aromatic rings. The topological polar surface area (TPSA) is 83.6 Å². The van der Waals surface area contributed by atoms with Crippen LogP contribution in [-0.2, 0) is 6.54 Å². The highest BCUT2D eigenvalue weighted by molar-refractivity contribution is 5.33. The molecule has 0 saturated heterocycles. The monoisotopic (exact) mass is 255 g/mol. The quantitative estimate of drug-likeness (QED) is 0.423. The minimum atomic E-state index is -0.425. The standard InChI is InChI=1S/C12H19N2O4/c1-14(5-7-15,6-8-16)10-11-3-2-4-12(9-11)13(17)18/h2-4,9,15-16H,5-8,10H2,1H3/q+1. The van der Waals surface area contributed by atoms with Gasteiger partial charge in [-0.25, -0.2) is 0 Å². The zero-order valence-corrected chi connectivity index (χ0v) is 10.5. The molecule has 100 valence electrons. The zero-order chi connectivity index (χ0) is 13.6. The number of rotatable bonds is 7. The normalized spacial score (nSPS) is 11.5. The summed E-state index contributed by atoms with van der Waals surface area (Å²) in [5, 5.41) is 28.8. The Morgan fingerprint density at radius 2 is 1.89 bits per heavy atom. The number of nitro groups is 1. The average Bonchev–Trinajstić information content (AvgIpc) is 2.29. The third-order valence-corrected chi connectivity index (χ3v) is 2.97. The van der Waals surface area contributed by atoms with Crippen LogP contribution in [0, 0.1) is 10.1 Å². The maximum Gasteiger partial charge on any atom is 0.269 e. The van der Waals surface area contributed by atoms with Gasteiger partial charge in [0.25, 0.3) is 5.69 Å². The molecule has 0 atom stereocenters. The third-order valence-electron chi connectivity index (χ3n) is 2.97. The van der Waals surface area contributed by atoms with Crippen LogP contribution in [0.3, 0.4) is 0 Å². The van der Waals surface area contributed by atoms with Crippen molar-refractivity contribution in [2.45, 2.75) is 6.54 Å². The Hall–Kier alpha value is -1.50. The molecule has 0 aliphatic heterocycles. The fourth-order valence-corrected chi connectivity index (χ4v) is 1.96. The first kappa shape index (κ1) is 14.6. The van der Waals surface area contributed by atoms with Gasteiger partial charge in [-0.1, -0.05) is 12.1 Å². The number of aliphatic hydroxyl groups is 2. The Labute approximate surface area is 106 Å². The zero-order valence-electron chi connectivity index (χ0n) is 10.5. The summed E-state index contributed by atoms with van der Waals surface area (Å²) < 4.78 is 0.453. The Morgan fingerprint density at radius 3 is 2.39 bits per heavy atom. The Morgan fingerprint density at radius 1 is 1.28 bits per heavy atom. The van der Waals surface area contributed by atoms with Crippen LogP contribution in [-0.4, -0.2) is 53.0 Å². The van der Waals surface area contributed by atoms with Gasteiger partial charge in [0.15, 0.2) is 0 Å². The van der Waals surface area contributed by atoms with Crippen LogP contribution in [0.1, 0.15) is 5.56 Å². The van der Waals surface area contributed by atoms with E-state index in [0.717, 1.165) is 5.56 Å². The van der Waals surface area contributed by atoms with Crippen LogP contribution in [0.4, 0.5) is 5.69 Å². The van der Waals surface area contributed by atoms with Crippen LogP contribution < -0.4 is 0 Å². The molecule has 0 aromatic heterocycles. The van der Waals surface area contributed by atoms with Crippen molar-refractivity contribution in [3.05, 3.63) is 39.9 Å². The van der Waals surface area contributed by atoms with E-state index in [4.69, 9.17) is 10.2 Å². The van der Waals surface area contributed by atoms with Gasteiger partial charge in [0.05, 0.1) is 25.2 Å². The van der Waals surface area contributed by atoms with Gasteiger partial charge >= 0.3 is 0 Å². The lowest BCUT2D eigenvalue weighted by molar-refractivity contribution is -0.923. The van der Waals surface area contributed by atoms with E-state index in [-0.39, 0.29) is 18.9 Å². The second-order valence-corrected chi connectivity index (χ2v) is 4.60. The molecule has 6 heteroatoms. The van der Waals surface area contributed by atoms with Crippen LogP contribution in [0.5, 0.6) is 0 Å². The maximum atomic E-state index is 10.7. The summed E-state index contributed by atoms with van der Waals surface area (Å²) in [4.78, 5) is 10.3. The fourth-order valence-electron chi connectivity index (χ4n) is 1.96. The number of hydrogen-bond donors (Lipinski definition) is 2. The molecule has 0 radical (unpaired) electrons. The molecule has 1 aromatic carbocycles. The van der Waals surface area contributed by atoms with Gasteiger partial charge in [-0.05, 0) is 0 Å². The Balaban J connectivity index is 2.86. The fraction of sp³-hybridized carbons (Fsp3) is 0.500. The second kappa shape index (κ2) is 6.44. The van der Waals surface area contributed by atoms with Crippen molar-refractivity contribution in [3.8, 4) is 0 Å². The molecule has 0 spiro atoms. The summed E-state index contributed by atoms with van der Waals surface area (Å²) in [5.41, 5.74) is 0.889. The van der Waals surface area contributed by atoms with Gasteiger partial charge in [0, 0.05) is 17.7 Å². The number of likely N-dealkylation sites (N-methyl/N-ethyl adjacent to an activating group) is 1. The van der Waals surface area contributed by atoms with E-state index in [0.29, 0.717) is 24.1 Å². The summed E-state index contributed by atoms with van der Waals surface area (Å²) in [6, 6.07) is 6.45. The summed E-state index contributed by atoms with van der Waals surface area (Å²) in [5.74, 6) is 0. The Bertz CT molecular complexity index is 403. The maximum absolute atomic E-state index is 10.7. The molecule has 6 nitrogen and oxygen atoms in total. The van der Waals surface area contributed by atoms with E-state index < -0.39 is 4.92 Å². The molecule has 0 unspecified atom stereocenters. The average molecular weight is 255 g/mol. The number of non-ortho nitro benzene ring substituents is 1. The molecule has 0 fully saturated rings. The minimum absolute atomic E-state index is 0.0193. The van der Waals surface area contributed by atoms with E-state index in [1.807, 2.05) is 13.1 Å². The van der Waals surface area contributed by atoms with Gasteiger partial charge in [-0.15, -0.1) is 0 Å². The summed E-state index contributed by atoms with van der Waals surface area (Å²) in [7, 11) is 1.91. The molecule has 0 saturated carbocycles. The van der Waals surface area contributed by atoms with Crippen LogP contribution in [0.25, 0.3) is 0 Å². The Kier molecular flexibility index (Phi) is 5.21. The predicted octanol–water partition coefficient (Wildman–Crippen LogP) is 0.526. The molecule has 0 amide bonds. The predicted molar refractivity (Wildman–Crippen MR) is 66.9 cm³/mol. The highest BCUT2D eigenvalue weighted by atomic mass is 16.6. The van der Waals surface area contributed by atoms with Crippen molar-refractivity contribution in [2.24, 2.45) is 0 Å². The first-order valence-corrected chi connectivity index (χ1v) is 5.79. The lowest BCUT2D eigenvalue weighted by Gasteiger charge is -2.33. The van der Waals surface area contributed by atoms with E-state index in [1.54, 1.807) is 6.07 Å². The van der Waals surface area contributed by atoms with E-state index in [1.165, 1.54) is 12.1 Å². The number of nitrogens with zero attached hydrogens (tertiary/aromatic N) is 2. The molecule has 0 aliphatic rings. The van der Waals surface area contributed by atoms with Crippen molar-refractivity contribution in [1.82, 2.24) is 0 Å². The van der Waals surface area contributed by atoms with Gasteiger partial charge < -0.3 is 14.7 Å². The van der Waals surface area contributed by atoms with Crippen LogP contribution in [0.2, 0.25) is 0 Å². The summed E-state index contributed by atoms with van der Waals surface area (Å²) in [6.07, 6.45) is 0. The molecular weight excluding hydrogens is 236 g/mol. The van der Waals surface area contributed by atoms with E-state index in [2.05, 4.69) is 0 Å². The van der Waals surface area contributed by atoms with Crippen molar-refractivity contribution in [1.29, 1.82) is 0 Å². The molecule has 18 heavy (non-hydrogen) atoms. The molecule has 0 bridgehead atoms.